The Bertz CT molecular complexity index is 1890. The smallest absolute Gasteiger partial charge is 0.410 e. The monoisotopic (exact) mass is 706 g/mol. The van der Waals surface area contributed by atoms with E-state index in [0.717, 1.165) is 48.1 Å². The summed E-state index contributed by atoms with van der Waals surface area (Å²) in [5.74, 6) is 0.201. The topological polar surface area (TPSA) is 119 Å². The van der Waals surface area contributed by atoms with E-state index in [2.05, 4.69) is 22.4 Å². The van der Waals surface area contributed by atoms with Crippen molar-refractivity contribution in [3.05, 3.63) is 89.4 Å². The number of carbonyl (C=O) groups excluding carboxylic acids is 3. The summed E-state index contributed by atoms with van der Waals surface area (Å²) >= 11 is 0. The molecule has 3 unspecified atom stereocenters. The Balaban J connectivity index is 0.966. The quantitative estimate of drug-likeness (QED) is 0.229. The SMILES string of the molecule is Cc1ccc(-c2nn(Cc3ccccc3)cc2C(=O)N2CCC(N3CCC(n4cc(C5CCN(C(=O)OC(C)(C)C)C(C)C5)nn4)C3=O)CC2)cc1. The van der Waals surface area contributed by atoms with E-state index in [1.54, 1.807) is 9.58 Å². The van der Waals surface area contributed by atoms with E-state index in [0.29, 0.717) is 50.4 Å². The lowest BCUT2D eigenvalue weighted by Gasteiger charge is -2.37. The summed E-state index contributed by atoms with van der Waals surface area (Å²) in [5, 5.41) is 13.8. The van der Waals surface area contributed by atoms with Crippen LogP contribution in [0.4, 0.5) is 4.79 Å². The Morgan fingerprint density at radius 3 is 2.33 bits per heavy atom. The van der Waals surface area contributed by atoms with Gasteiger partial charge < -0.3 is 19.4 Å². The molecule has 0 saturated carbocycles. The van der Waals surface area contributed by atoms with Crippen molar-refractivity contribution in [2.45, 2.75) is 103 Å². The third kappa shape index (κ3) is 7.61. The zero-order valence-electron chi connectivity index (χ0n) is 30.9. The molecule has 3 aliphatic heterocycles. The van der Waals surface area contributed by atoms with Gasteiger partial charge in [0.25, 0.3) is 5.91 Å². The lowest BCUT2D eigenvalue weighted by molar-refractivity contribution is -0.133. The number of likely N-dealkylation sites (tertiary alicyclic amines) is 3. The molecule has 0 radical (unpaired) electrons. The average molecular weight is 707 g/mol. The summed E-state index contributed by atoms with van der Waals surface area (Å²) in [4.78, 5) is 46.2. The van der Waals surface area contributed by atoms with Crippen LogP contribution in [0, 0.1) is 6.92 Å². The number of aryl methyl sites for hydroxylation is 1. The van der Waals surface area contributed by atoms with Crippen LogP contribution in [-0.4, -0.2) is 101 Å². The van der Waals surface area contributed by atoms with Gasteiger partial charge in [-0.2, -0.15) is 5.10 Å². The third-order valence-corrected chi connectivity index (χ3v) is 10.7. The minimum atomic E-state index is -0.535. The molecular weight excluding hydrogens is 656 g/mol. The molecule has 2 aromatic carbocycles. The van der Waals surface area contributed by atoms with Gasteiger partial charge in [0.1, 0.15) is 17.3 Å². The number of piperidine rings is 2. The van der Waals surface area contributed by atoms with Gasteiger partial charge in [-0.3, -0.25) is 14.3 Å². The van der Waals surface area contributed by atoms with Gasteiger partial charge in [-0.05, 0) is 72.3 Å². The number of rotatable bonds is 7. The lowest BCUT2D eigenvalue weighted by atomic mass is 9.89. The van der Waals surface area contributed by atoms with Gasteiger partial charge in [-0.15, -0.1) is 5.10 Å². The molecule has 0 aliphatic carbocycles. The fourth-order valence-corrected chi connectivity index (χ4v) is 7.86. The second-order valence-electron chi connectivity index (χ2n) is 15.7. The van der Waals surface area contributed by atoms with Crippen molar-refractivity contribution in [3.63, 3.8) is 0 Å². The highest BCUT2D eigenvalue weighted by Gasteiger charge is 2.40. The Morgan fingerprint density at radius 2 is 1.63 bits per heavy atom. The highest BCUT2D eigenvalue weighted by Crippen LogP contribution is 2.34. The highest BCUT2D eigenvalue weighted by atomic mass is 16.6. The minimum Gasteiger partial charge on any atom is -0.444 e. The molecule has 12 nitrogen and oxygen atoms in total. The van der Waals surface area contributed by atoms with Crippen LogP contribution in [0.1, 0.15) is 98.9 Å². The molecule has 5 heterocycles. The summed E-state index contributed by atoms with van der Waals surface area (Å²) in [6, 6.07) is 18.0. The molecular formula is C40H50N8O4. The molecule has 0 N–H and O–H groups in total. The largest absolute Gasteiger partial charge is 0.444 e. The van der Waals surface area contributed by atoms with Crippen molar-refractivity contribution in [1.29, 1.82) is 0 Å². The van der Waals surface area contributed by atoms with Crippen molar-refractivity contribution in [2.24, 2.45) is 0 Å². The molecule has 2 aromatic heterocycles. The van der Waals surface area contributed by atoms with Crippen LogP contribution >= 0.6 is 0 Å². The van der Waals surface area contributed by atoms with Crippen LogP contribution in [0.3, 0.4) is 0 Å². The Labute approximate surface area is 305 Å². The number of aromatic nitrogens is 5. The van der Waals surface area contributed by atoms with Gasteiger partial charge in [0.05, 0.1) is 17.8 Å². The molecule has 4 aromatic rings. The number of benzene rings is 2. The Morgan fingerprint density at radius 1 is 0.904 bits per heavy atom. The zero-order valence-corrected chi connectivity index (χ0v) is 30.9. The normalized spacial score (nSPS) is 21.5. The first-order chi connectivity index (χ1) is 24.9. The van der Waals surface area contributed by atoms with Crippen LogP contribution in [0.25, 0.3) is 11.3 Å². The zero-order chi connectivity index (χ0) is 36.6. The molecule has 3 atom stereocenters. The van der Waals surface area contributed by atoms with Crippen molar-refractivity contribution in [2.75, 3.05) is 26.2 Å². The molecule has 52 heavy (non-hydrogen) atoms. The number of hydrogen-bond acceptors (Lipinski definition) is 7. The summed E-state index contributed by atoms with van der Waals surface area (Å²) in [7, 11) is 0. The minimum absolute atomic E-state index is 0.0137. The van der Waals surface area contributed by atoms with Gasteiger partial charge in [-0.1, -0.05) is 65.4 Å². The first-order valence-electron chi connectivity index (χ1n) is 18.6. The number of ether oxygens (including phenoxy) is 1. The second-order valence-corrected chi connectivity index (χ2v) is 15.7. The van der Waals surface area contributed by atoms with E-state index in [1.165, 1.54) is 0 Å². The summed E-state index contributed by atoms with van der Waals surface area (Å²) in [6.07, 6.45) is 7.17. The summed E-state index contributed by atoms with van der Waals surface area (Å²) < 4.78 is 9.20. The fraction of sp³-hybridized carbons (Fsp3) is 0.500. The maximum atomic E-state index is 14.1. The van der Waals surface area contributed by atoms with Gasteiger partial charge in [0.2, 0.25) is 5.91 Å². The fourth-order valence-electron chi connectivity index (χ4n) is 7.86. The lowest BCUT2D eigenvalue weighted by Crippen LogP contribution is -2.47. The Kier molecular flexibility index (Phi) is 9.91. The van der Waals surface area contributed by atoms with E-state index in [9.17, 15) is 14.4 Å². The van der Waals surface area contributed by atoms with Crippen LogP contribution in [0.2, 0.25) is 0 Å². The molecule has 0 bridgehead atoms. The molecule has 12 heteroatoms. The van der Waals surface area contributed by atoms with Crippen molar-refractivity contribution < 1.29 is 19.1 Å². The molecule has 3 amide bonds. The average Bonchev–Trinajstić information content (AvgIpc) is 3.87. The number of nitrogens with zero attached hydrogens (tertiary/aromatic N) is 8. The maximum absolute atomic E-state index is 14.1. The maximum Gasteiger partial charge on any atom is 0.410 e. The van der Waals surface area contributed by atoms with Crippen molar-refractivity contribution in [3.8, 4) is 11.3 Å². The molecule has 3 aliphatic rings. The predicted octanol–water partition coefficient (Wildman–Crippen LogP) is 6.08. The van der Waals surface area contributed by atoms with E-state index in [-0.39, 0.29) is 42.0 Å². The van der Waals surface area contributed by atoms with Crippen LogP contribution < -0.4 is 0 Å². The van der Waals surface area contributed by atoms with E-state index < -0.39 is 5.60 Å². The number of amides is 3. The van der Waals surface area contributed by atoms with Gasteiger partial charge in [0.15, 0.2) is 0 Å². The summed E-state index contributed by atoms with van der Waals surface area (Å²) in [5.41, 5.74) is 4.81. The third-order valence-electron chi connectivity index (χ3n) is 10.7. The van der Waals surface area contributed by atoms with E-state index in [1.807, 2.05) is 104 Å². The molecule has 3 saturated heterocycles. The first kappa shape index (κ1) is 35.4. The van der Waals surface area contributed by atoms with E-state index in [4.69, 9.17) is 9.84 Å². The van der Waals surface area contributed by atoms with Crippen molar-refractivity contribution in [1.82, 2.24) is 39.5 Å². The van der Waals surface area contributed by atoms with Gasteiger partial charge >= 0.3 is 6.09 Å². The van der Waals surface area contributed by atoms with Crippen LogP contribution in [0.15, 0.2) is 67.0 Å². The molecule has 3 fully saturated rings. The van der Waals surface area contributed by atoms with Crippen LogP contribution in [0.5, 0.6) is 0 Å². The van der Waals surface area contributed by atoms with Crippen LogP contribution in [-0.2, 0) is 16.1 Å². The van der Waals surface area contributed by atoms with Gasteiger partial charge in [-0.25, -0.2) is 9.48 Å². The second kappa shape index (κ2) is 14.6. The molecule has 274 valence electrons. The van der Waals surface area contributed by atoms with Gasteiger partial charge in [0, 0.05) is 62.1 Å². The number of hydrogen-bond donors (Lipinski definition) is 0. The molecule has 7 rings (SSSR count). The highest BCUT2D eigenvalue weighted by molar-refractivity contribution is 6.00. The standard InChI is InChI=1S/C40H50N8O4/c1-27-11-13-30(14-12-27)36-33(25-45(42-36)24-29-9-7-6-8-10-29)37(49)44-19-16-32(17-20-44)47-22-18-35(38(47)50)48-26-34(41-43-48)31-15-21-46(28(2)23-31)39(51)52-40(3,4)5/h6-14,25-26,28,31-32,35H,15-24H2,1-5H3. The predicted molar refractivity (Wildman–Crippen MR) is 197 cm³/mol. The van der Waals surface area contributed by atoms with E-state index >= 15 is 0 Å². The first-order valence-corrected chi connectivity index (χ1v) is 18.6. The number of carbonyl (C=O) groups is 3. The van der Waals surface area contributed by atoms with Crippen molar-refractivity contribution >= 4 is 17.9 Å². The Hall–Kier alpha value is -5.00. The molecule has 0 spiro atoms. The summed E-state index contributed by atoms with van der Waals surface area (Å²) in [6.45, 7) is 12.7.